The fraction of sp³-hybridized carbons (Fsp3) is 0.560. The van der Waals surface area contributed by atoms with Gasteiger partial charge in [-0.15, -0.1) is 0 Å². The third-order valence-electron chi connectivity index (χ3n) is 6.58. The van der Waals surface area contributed by atoms with Crippen molar-refractivity contribution in [3.63, 3.8) is 0 Å². The van der Waals surface area contributed by atoms with Crippen LogP contribution in [0.2, 0.25) is 0 Å². The number of nitrogens with zero attached hydrogens (tertiary/aromatic N) is 6. The fourth-order valence-corrected chi connectivity index (χ4v) is 4.65. The maximum Gasteiger partial charge on any atom is 0.227 e. The average molecular weight is 437 g/mol. The highest BCUT2D eigenvalue weighted by molar-refractivity contribution is 5.79. The number of imidazole rings is 1. The molecule has 1 amide bonds. The quantitative estimate of drug-likeness (QED) is 0.595. The van der Waals surface area contributed by atoms with Crippen molar-refractivity contribution in [2.24, 2.45) is 5.92 Å². The van der Waals surface area contributed by atoms with E-state index in [1.807, 2.05) is 11.8 Å². The molecule has 3 aromatic rings. The standard InChI is InChI=1S/C25H36N6O/c1-17(2)15-31-21(6)22(19(4)27-31)14-25(32)29-11-9-28(10-12-29)16-23-20(5)26-24-13-18(3)7-8-30(23)24/h7-8,13,17H,9-12,14-16H2,1-6H3. The van der Waals surface area contributed by atoms with Crippen molar-refractivity contribution >= 4 is 11.6 Å². The van der Waals surface area contributed by atoms with E-state index in [0.29, 0.717) is 12.3 Å². The largest absolute Gasteiger partial charge is 0.340 e. The summed E-state index contributed by atoms with van der Waals surface area (Å²) in [5.41, 5.74) is 7.75. The van der Waals surface area contributed by atoms with Crippen molar-refractivity contribution < 1.29 is 4.79 Å². The number of carbonyl (C=O) groups excluding carboxylic acids is 1. The van der Waals surface area contributed by atoms with Crippen LogP contribution in [0.4, 0.5) is 0 Å². The molecule has 0 unspecified atom stereocenters. The maximum absolute atomic E-state index is 13.0. The Morgan fingerprint density at radius 1 is 1.06 bits per heavy atom. The van der Waals surface area contributed by atoms with Crippen LogP contribution in [0.5, 0.6) is 0 Å². The van der Waals surface area contributed by atoms with Crippen LogP contribution in [-0.4, -0.2) is 61.1 Å². The van der Waals surface area contributed by atoms with E-state index < -0.39 is 0 Å². The summed E-state index contributed by atoms with van der Waals surface area (Å²) in [5.74, 6) is 0.742. The van der Waals surface area contributed by atoms with Crippen LogP contribution in [0.15, 0.2) is 18.3 Å². The predicted molar refractivity (Wildman–Crippen MR) is 127 cm³/mol. The summed E-state index contributed by atoms with van der Waals surface area (Å²) in [4.78, 5) is 22.2. The molecular formula is C25H36N6O. The molecular weight excluding hydrogens is 400 g/mol. The Bertz CT molecular complexity index is 1120. The van der Waals surface area contributed by atoms with Crippen LogP contribution >= 0.6 is 0 Å². The number of hydrogen-bond donors (Lipinski definition) is 0. The van der Waals surface area contributed by atoms with Gasteiger partial charge in [0.2, 0.25) is 5.91 Å². The van der Waals surface area contributed by atoms with Crippen molar-refractivity contribution in [2.75, 3.05) is 26.2 Å². The number of aromatic nitrogens is 4. The highest BCUT2D eigenvalue weighted by atomic mass is 16.2. The monoisotopic (exact) mass is 436 g/mol. The molecule has 7 nitrogen and oxygen atoms in total. The molecule has 1 aliphatic heterocycles. The molecule has 3 aromatic heterocycles. The molecule has 0 atom stereocenters. The lowest BCUT2D eigenvalue weighted by atomic mass is 10.1. The van der Waals surface area contributed by atoms with E-state index in [4.69, 9.17) is 4.98 Å². The van der Waals surface area contributed by atoms with Gasteiger partial charge in [0.15, 0.2) is 0 Å². The molecule has 4 rings (SSSR count). The highest BCUT2D eigenvalue weighted by Gasteiger charge is 2.24. The van der Waals surface area contributed by atoms with Gasteiger partial charge in [0, 0.05) is 56.7 Å². The van der Waals surface area contributed by atoms with Crippen molar-refractivity contribution in [1.29, 1.82) is 0 Å². The zero-order valence-electron chi connectivity index (χ0n) is 20.4. The van der Waals surface area contributed by atoms with Crippen molar-refractivity contribution in [3.8, 4) is 0 Å². The minimum atomic E-state index is 0.210. The normalized spacial score (nSPS) is 15.3. The van der Waals surface area contributed by atoms with Crippen molar-refractivity contribution in [2.45, 2.75) is 61.1 Å². The van der Waals surface area contributed by atoms with Gasteiger partial charge in [-0.3, -0.25) is 14.4 Å². The summed E-state index contributed by atoms with van der Waals surface area (Å²) in [6, 6.07) is 4.25. The lowest BCUT2D eigenvalue weighted by molar-refractivity contribution is -0.132. The number of rotatable bonds is 6. The summed E-state index contributed by atoms with van der Waals surface area (Å²) in [6.45, 7) is 17.7. The molecule has 0 N–H and O–H groups in total. The molecule has 0 saturated carbocycles. The Hall–Kier alpha value is -2.67. The van der Waals surface area contributed by atoms with E-state index in [0.717, 1.165) is 67.6 Å². The molecule has 172 valence electrons. The number of hydrogen-bond acceptors (Lipinski definition) is 4. The lowest BCUT2D eigenvalue weighted by Gasteiger charge is -2.34. The molecule has 0 bridgehead atoms. The van der Waals surface area contributed by atoms with Crippen LogP contribution in [0.1, 0.15) is 47.8 Å². The summed E-state index contributed by atoms with van der Waals surface area (Å²) in [6.07, 6.45) is 2.56. The molecule has 0 aromatic carbocycles. The van der Waals surface area contributed by atoms with Gasteiger partial charge in [0.25, 0.3) is 0 Å². The van der Waals surface area contributed by atoms with Gasteiger partial charge in [-0.1, -0.05) is 13.8 Å². The number of piperazine rings is 1. The Morgan fingerprint density at radius 3 is 2.47 bits per heavy atom. The second-order valence-electron chi connectivity index (χ2n) is 9.64. The molecule has 1 saturated heterocycles. The number of carbonyl (C=O) groups is 1. The zero-order chi connectivity index (χ0) is 23.0. The molecule has 32 heavy (non-hydrogen) atoms. The van der Waals surface area contributed by atoms with Gasteiger partial charge in [-0.2, -0.15) is 5.10 Å². The Kier molecular flexibility index (Phi) is 6.38. The molecule has 4 heterocycles. The second-order valence-corrected chi connectivity index (χ2v) is 9.64. The molecule has 7 heteroatoms. The molecule has 1 fully saturated rings. The van der Waals surface area contributed by atoms with E-state index in [1.54, 1.807) is 0 Å². The first-order valence-corrected chi connectivity index (χ1v) is 11.7. The van der Waals surface area contributed by atoms with Gasteiger partial charge in [-0.25, -0.2) is 4.98 Å². The summed E-state index contributed by atoms with van der Waals surface area (Å²) in [7, 11) is 0. The summed E-state index contributed by atoms with van der Waals surface area (Å²) < 4.78 is 4.25. The van der Waals surface area contributed by atoms with Gasteiger partial charge >= 0.3 is 0 Å². The third kappa shape index (κ3) is 4.58. The van der Waals surface area contributed by atoms with Crippen LogP contribution in [0, 0.1) is 33.6 Å². The number of amides is 1. The van der Waals surface area contributed by atoms with Gasteiger partial charge in [0.1, 0.15) is 5.65 Å². The van der Waals surface area contributed by atoms with Crippen LogP contribution in [0.25, 0.3) is 5.65 Å². The van der Waals surface area contributed by atoms with Gasteiger partial charge in [-0.05, 0) is 51.3 Å². The van der Waals surface area contributed by atoms with Crippen LogP contribution in [0.3, 0.4) is 0 Å². The first kappa shape index (κ1) is 22.5. The van der Waals surface area contributed by atoms with E-state index >= 15 is 0 Å². The fourth-order valence-electron chi connectivity index (χ4n) is 4.65. The molecule has 1 aliphatic rings. The Morgan fingerprint density at radius 2 is 1.78 bits per heavy atom. The Balaban J connectivity index is 1.37. The molecule has 0 aliphatic carbocycles. The minimum Gasteiger partial charge on any atom is -0.340 e. The summed E-state index contributed by atoms with van der Waals surface area (Å²) >= 11 is 0. The topological polar surface area (TPSA) is 58.7 Å². The van der Waals surface area contributed by atoms with Crippen LogP contribution in [-0.2, 0) is 24.3 Å². The predicted octanol–water partition coefficient (Wildman–Crippen LogP) is 3.31. The van der Waals surface area contributed by atoms with Crippen molar-refractivity contribution in [3.05, 3.63) is 52.2 Å². The highest BCUT2D eigenvalue weighted by Crippen LogP contribution is 2.19. The lowest BCUT2D eigenvalue weighted by Crippen LogP contribution is -2.48. The number of pyridine rings is 1. The van der Waals surface area contributed by atoms with E-state index in [1.165, 1.54) is 11.3 Å². The SMILES string of the molecule is Cc1ccn2c(CN3CCN(C(=O)Cc4c(C)nn(CC(C)C)c4C)CC3)c(C)nc2c1. The van der Waals surface area contributed by atoms with E-state index in [-0.39, 0.29) is 5.91 Å². The van der Waals surface area contributed by atoms with E-state index in [9.17, 15) is 4.79 Å². The van der Waals surface area contributed by atoms with Crippen LogP contribution < -0.4 is 0 Å². The molecule has 0 spiro atoms. The zero-order valence-corrected chi connectivity index (χ0v) is 20.4. The maximum atomic E-state index is 13.0. The van der Waals surface area contributed by atoms with E-state index in [2.05, 4.69) is 72.0 Å². The van der Waals surface area contributed by atoms with Gasteiger partial charge < -0.3 is 9.30 Å². The summed E-state index contributed by atoms with van der Waals surface area (Å²) in [5, 5.41) is 4.67. The van der Waals surface area contributed by atoms with Gasteiger partial charge in [0.05, 0.1) is 23.5 Å². The Labute approximate surface area is 191 Å². The minimum absolute atomic E-state index is 0.210. The first-order valence-electron chi connectivity index (χ1n) is 11.7. The molecule has 0 radical (unpaired) electrons. The van der Waals surface area contributed by atoms with Crippen molar-refractivity contribution in [1.82, 2.24) is 29.0 Å². The average Bonchev–Trinajstić information content (AvgIpc) is 3.18. The number of aryl methyl sites for hydroxylation is 3. The smallest absolute Gasteiger partial charge is 0.227 e. The third-order valence-corrected chi connectivity index (χ3v) is 6.58. The number of fused-ring (bicyclic) bond motifs is 1. The first-order chi connectivity index (χ1) is 15.2. The second kappa shape index (κ2) is 9.06.